The van der Waals surface area contributed by atoms with Crippen LogP contribution in [0, 0.1) is 0 Å². The van der Waals surface area contributed by atoms with Crippen molar-refractivity contribution in [3.63, 3.8) is 0 Å². The Balaban J connectivity index is 0.00000220. The standard InChI is InChI=1S/C27H50N.C2H4O2/c1-4-5-6-7-8-9-10-11-12-13-14-15-16-17-18-22-25-28(2,3)26-27-23-20-19-21-24-27;1-2(3)4/h19-21,23-24H,4-18,22,25-26H2,1-3H3;1H3,(H,3,4)/q+1;/p-1. The summed E-state index contributed by atoms with van der Waals surface area (Å²) >= 11 is 0. The first-order valence-corrected chi connectivity index (χ1v) is 13.4. The molecule has 3 heteroatoms. The van der Waals surface area contributed by atoms with E-state index in [0.29, 0.717) is 0 Å². The van der Waals surface area contributed by atoms with Crippen molar-refractivity contribution in [3.05, 3.63) is 35.9 Å². The number of hydrogen-bond acceptors (Lipinski definition) is 2. The molecule has 0 bridgehead atoms. The molecule has 0 fully saturated rings. The second-order valence-corrected chi connectivity index (χ2v) is 10.1. The summed E-state index contributed by atoms with van der Waals surface area (Å²) in [4.78, 5) is 8.89. The number of unbranched alkanes of at least 4 members (excludes halogenated alkanes) is 15. The van der Waals surface area contributed by atoms with Crippen molar-refractivity contribution in [1.82, 2.24) is 0 Å². The molecule has 32 heavy (non-hydrogen) atoms. The predicted octanol–water partition coefficient (Wildman–Crippen LogP) is 7.28. The van der Waals surface area contributed by atoms with Crippen LogP contribution in [-0.2, 0) is 11.3 Å². The maximum absolute atomic E-state index is 8.89. The zero-order valence-corrected chi connectivity index (χ0v) is 21.9. The lowest BCUT2D eigenvalue weighted by Crippen LogP contribution is -2.39. The number of rotatable bonds is 19. The van der Waals surface area contributed by atoms with E-state index < -0.39 is 5.97 Å². The van der Waals surface area contributed by atoms with E-state index in [0.717, 1.165) is 18.0 Å². The quantitative estimate of drug-likeness (QED) is 0.165. The zero-order chi connectivity index (χ0) is 23.9. The Hall–Kier alpha value is -1.35. The van der Waals surface area contributed by atoms with E-state index in [1.54, 1.807) is 0 Å². The van der Waals surface area contributed by atoms with E-state index in [1.165, 1.54) is 115 Å². The molecule has 0 heterocycles. The van der Waals surface area contributed by atoms with Crippen LogP contribution >= 0.6 is 0 Å². The largest absolute Gasteiger partial charge is 0.550 e. The Morgan fingerprint density at radius 2 is 1.03 bits per heavy atom. The number of carbonyl (C=O) groups is 1. The Kier molecular flexibility index (Phi) is 20.6. The topological polar surface area (TPSA) is 40.1 Å². The molecule has 0 N–H and O–H groups in total. The van der Waals surface area contributed by atoms with Gasteiger partial charge in [-0.25, -0.2) is 0 Å². The average molecular weight is 448 g/mol. The van der Waals surface area contributed by atoms with Gasteiger partial charge in [0.1, 0.15) is 6.54 Å². The lowest BCUT2D eigenvalue weighted by atomic mass is 10.0. The molecule has 0 aromatic heterocycles. The van der Waals surface area contributed by atoms with Crippen LogP contribution in [0.3, 0.4) is 0 Å². The number of hydrogen-bond donors (Lipinski definition) is 0. The molecule has 1 aromatic carbocycles. The van der Waals surface area contributed by atoms with Crippen LogP contribution in [0.15, 0.2) is 30.3 Å². The third-order valence-electron chi connectivity index (χ3n) is 6.07. The Morgan fingerprint density at radius 3 is 1.41 bits per heavy atom. The van der Waals surface area contributed by atoms with Gasteiger partial charge in [-0.2, -0.15) is 0 Å². The van der Waals surface area contributed by atoms with Crippen LogP contribution in [0.25, 0.3) is 0 Å². The molecule has 0 aliphatic carbocycles. The molecule has 0 aliphatic heterocycles. The summed E-state index contributed by atoms with van der Waals surface area (Å²) in [5, 5.41) is 8.89. The fourth-order valence-electron chi connectivity index (χ4n) is 4.24. The molecule has 1 rings (SSSR count). The van der Waals surface area contributed by atoms with E-state index in [4.69, 9.17) is 9.90 Å². The summed E-state index contributed by atoms with van der Waals surface area (Å²) in [6.45, 7) is 5.72. The lowest BCUT2D eigenvalue weighted by Gasteiger charge is -2.30. The van der Waals surface area contributed by atoms with Crippen LogP contribution in [0.5, 0.6) is 0 Å². The van der Waals surface area contributed by atoms with Crippen LogP contribution in [0.4, 0.5) is 0 Å². The normalized spacial score (nSPS) is 11.1. The van der Waals surface area contributed by atoms with Crippen molar-refractivity contribution >= 4 is 5.97 Å². The summed E-state index contributed by atoms with van der Waals surface area (Å²) in [5.74, 6) is -1.08. The summed E-state index contributed by atoms with van der Waals surface area (Å²) < 4.78 is 1.11. The van der Waals surface area contributed by atoms with E-state index >= 15 is 0 Å². The average Bonchev–Trinajstić information content (AvgIpc) is 2.73. The number of carboxylic acid groups (broad SMARTS) is 1. The number of carboxylic acids is 1. The minimum atomic E-state index is -1.08. The van der Waals surface area contributed by atoms with Crippen LogP contribution in [0.2, 0.25) is 0 Å². The van der Waals surface area contributed by atoms with Crippen molar-refractivity contribution in [3.8, 4) is 0 Å². The van der Waals surface area contributed by atoms with Crippen molar-refractivity contribution in [2.45, 2.75) is 123 Å². The first kappa shape index (κ1) is 30.6. The van der Waals surface area contributed by atoms with Gasteiger partial charge in [0.05, 0.1) is 20.6 Å². The van der Waals surface area contributed by atoms with Crippen LogP contribution in [0.1, 0.15) is 122 Å². The molecule has 0 saturated heterocycles. The maximum Gasteiger partial charge on any atom is 0.104 e. The lowest BCUT2D eigenvalue weighted by molar-refractivity contribution is -0.903. The highest BCUT2D eigenvalue weighted by molar-refractivity contribution is 5.60. The maximum atomic E-state index is 8.89. The fourth-order valence-corrected chi connectivity index (χ4v) is 4.24. The second kappa shape index (κ2) is 21.5. The minimum Gasteiger partial charge on any atom is -0.550 e. The first-order chi connectivity index (χ1) is 15.4. The summed E-state index contributed by atoms with van der Waals surface area (Å²) in [5.41, 5.74) is 1.46. The van der Waals surface area contributed by atoms with Crippen LogP contribution in [-0.4, -0.2) is 31.1 Å². The van der Waals surface area contributed by atoms with Gasteiger partial charge in [0.15, 0.2) is 0 Å². The predicted molar refractivity (Wildman–Crippen MR) is 137 cm³/mol. The van der Waals surface area contributed by atoms with Gasteiger partial charge in [0, 0.05) is 11.5 Å². The highest BCUT2D eigenvalue weighted by Gasteiger charge is 2.14. The molecule has 3 nitrogen and oxygen atoms in total. The third-order valence-corrected chi connectivity index (χ3v) is 6.07. The number of nitrogens with zero attached hydrogens (tertiary/aromatic N) is 1. The molecule has 0 atom stereocenters. The van der Waals surface area contributed by atoms with Gasteiger partial charge in [-0.1, -0.05) is 127 Å². The molecule has 0 saturated carbocycles. The number of carbonyl (C=O) groups excluding carboxylic acids is 1. The smallest absolute Gasteiger partial charge is 0.104 e. The summed E-state index contributed by atoms with van der Waals surface area (Å²) in [7, 11) is 4.75. The van der Waals surface area contributed by atoms with Gasteiger partial charge in [-0.3, -0.25) is 0 Å². The van der Waals surface area contributed by atoms with Crippen molar-refractivity contribution in [2.75, 3.05) is 20.6 Å². The van der Waals surface area contributed by atoms with E-state index in [2.05, 4.69) is 51.4 Å². The molecule has 0 unspecified atom stereocenters. The third kappa shape index (κ3) is 23.3. The first-order valence-electron chi connectivity index (χ1n) is 13.4. The van der Waals surface area contributed by atoms with E-state index in [-0.39, 0.29) is 0 Å². The zero-order valence-electron chi connectivity index (χ0n) is 21.9. The monoisotopic (exact) mass is 447 g/mol. The van der Waals surface area contributed by atoms with Crippen molar-refractivity contribution < 1.29 is 14.4 Å². The molecule has 186 valence electrons. The molecular formula is C29H53NO2. The molecule has 0 amide bonds. The fraction of sp³-hybridized carbons (Fsp3) is 0.759. The van der Waals surface area contributed by atoms with Crippen LogP contribution < -0.4 is 5.11 Å². The van der Waals surface area contributed by atoms with Gasteiger partial charge in [-0.05, 0) is 19.8 Å². The van der Waals surface area contributed by atoms with Gasteiger partial charge >= 0.3 is 0 Å². The Labute approximate surface area is 200 Å². The molecular weight excluding hydrogens is 394 g/mol. The Bertz CT molecular complexity index is 523. The van der Waals surface area contributed by atoms with Crippen molar-refractivity contribution in [1.29, 1.82) is 0 Å². The SMILES string of the molecule is CC(=O)[O-].CCCCCCCCCCCCCCCCCC[N+](C)(C)Cc1ccccc1. The molecule has 1 aromatic rings. The molecule has 0 radical (unpaired) electrons. The minimum absolute atomic E-state index is 0.972. The van der Waals surface area contributed by atoms with Gasteiger partial charge in [0.25, 0.3) is 0 Å². The number of benzene rings is 1. The summed E-state index contributed by atoms with van der Waals surface area (Å²) in [6.07, 6.45) is 23.2. The highest BCUT2D eigenvalue weighted by atomic mass is 16.4. The van der Waals surface area contributed by atoms with E-state index in [9.17, 15) is 0 Å². The molecule has 0 aliphatic rings. The second-order valence-electron chi connectivity index (χ2n) is 10.1. The summed E-state index contributed by atoms with van der Waals surface area (Å²) in [6, 6.07) is 10.9. The van der Waals surface area contributed by atoms with Gasteiger partial charge < -0.3 is 14.4 Å². The highest BCUT2D eigenvalue weighted by Crippen LogP contribution is 2.15. The number of aliphatic carboxylic acids is 1. The molecule has 0 spiro atoms. The van der Waals surface area contributed by atoms with E-state index in [1.807, 2.05) is 0 Å². The van der Waals surface area contributed by atoms with Gasteiger partial charge in [-0.15, -0.1) is 0 Å². The van der Waals surface area contributed by atoms with Gasteiger partial charge in [0.2, 0.25) is 0 Å². The Morgan fingerprint density at radius 1 is 0.688 bits per heavy atom. The van der Waals surface area contributed by atoms with Crippen molar-refractivity contribution in [2.24, 2.45) is 0 Å². The number of quaternary nitrogens is 1.